The maximum absolute atomic E-state index is 6.94. The maximum Gasteiger partial charge on any atom is 0.143 e. The van der Waals surface area contributed by atoms with Gasteiger partial charge in [0.2, 0.25) is 0 Å². The van der Waals surface area contributed by atoms with Crippen LogP contribution in [0.3, 0.4) is 0 Å². The van der Waals surface area contributed by atoms with Crippen molar-refractivity contribution < 1.29 is 4.42 Å². The van der Waals surface area contributed by atoms with Crippen LogP contribution in [-0.2, 0) is 10.8 Å². The number of hydrogen-bond donors (Lipinski definition) is 0. The van der Waals surface area contributed by atoms with Gasteiger partial charge in [0, 0.05) is 38.6 Å². The number of furan rings is 1. The van der Waals surface area contributed by atoms with E-state index in [4.69, 9.17) is 4.42 Å². The number of rotatable bonds is 6. The largest absolute Gasteiger partial charge is 0.455 e. The first-order valence-corrected chi connectivity index (χ1v) is 22.3. The Balaban J connectivity index is 1.12. The Hall–Kier alpha value is -7.94. The molecule has 0 aliphatic heterocycles. The average molecular weight is 818 g/mol. The quantitative estimate of drug-likeness (QED) is 0.166. The lowest BCUT2D eigenvalue weighted by Crippen LogP contribution is -2.28. The van der Waals surface area contributed by atoms with Gasteiger partial charge in [-0.1, -0.05) is 202 Å². The molecule has 1 aromatic heterocycles. The third kappa shape index (κ3) is 5.08. The molecule has 2 heteroatoms. The van der Waals surface area contributed by atoms with Gasteiger partial charge in [-0.15, -0.1) is 0 Å². The minimum atomic E-state index is -0.549. The van der Waals surface area contributed by atoms with Crippen molar-refractivity contribution in [3.63, 3.8) is 0 Å². The highest BCUT2D eigenvalue weighted by molar-refractivity contribution is 6.14. The zero-order valence-corrected chi connectivity index (χ0v) is 35.7. The van der Waals surface area contributed by atoms with Crippen LogP contribution in [0.15, 0.2) is 229 Å². The van der Waals surface area contributed by atoms with Gasteiger partial charge in [0.15, 0.2) is 0 Å². The van der Waals surface area contributed by atoms with Gasteiger partial charge < -0.3 is 9.32 Å². The van der Waals surface area contributed by atoms with E-state index in [9.17, 15) is 0 Å². The van der Waals surface area contributed by atoms with Gasteiger partial charge in [-0.2, -0.15) is 0 Å². The van der Waals surface area contributed by atoms with Gasteiger partial charge in [-0.3, -0.25) is 0 Å². The molecule has 0 amide bonds. The standard InChI is InChI=1S/C62H43NO/c1-61(2)52-30-14-12-27-50(52)59-54(61)32-18-34-57(59)63(56-33-16-13-26-47(56)48-28-17-29-49-51-37-40-19-9-10-20-41(40)38-58(51)64-60(48)49)44-35-36-46-45-25-11-15-31-53(45)62(55(46)39-44,42-21-5-3-6-22-42)43-23-7-4-8-24-43/h3-39H,1-2H3. The molecule has 13 rings (SSSR count). The monoisotopic (exact) mass is 817 g/mol. The molecular formula is C62H43NO. The summed E-state index contributed by atoms with van der Waals surface area (Å²) in [4.78, 5) is 2.53. The van der Waals surface area contributed by atoms with Crippen molar-refractivity contribution in [1.29, 1.82) is 0 Å². The fourth-order valence-corrected chi connectivity index (χ4v) is 11.5. The minimum Gasteiger partial charge on any atom is -0.455 e. The predicted molar refractivity (Wildman–Crippen MR) is 266 cm³/mol. The van der Waals surface area contributed by atoms with Gasteiger partial charge in [0.1, 0.15) is 11.2 Å². The highest BCUT2D eigenvalue weighted by Crippen LogP contribution is 2.59. The number of fused-ring (bicyclic) bond motifs is 10. The van der Waals surface area contributed by atoms with E-state index in [0.29, 0.717) is 0 Å². The van der Waals surface area contributed by atoms with Crippen molar-refractivity contribution in [3.05, 3.63) is 258 Å². The van der Waals surface area contributed by atoms with E-state index < -0.39 is 5.41 Å². The Labute approximate surface area is 373 Å². The summed E-state index contributed by atoms with van der Waals surface area (Å²) in [6.45, 7) is 4.73. The molecule has 0 unspecified atom stereocenters. The van der Waals surface area contributed by atoms with E-state index in [0.717, 1.165) is 50.1 Å². The summed E-state index contributed by atoms with van der Waals surface area (Å²) in [5, 5.41) is 4.61. The van der Waals surface area contributed by atoms with Crippen LogP contribution in [0.1, 0.15) is 47.2 Å². The summed E-state index contributed by atoms with van der Waals surface area (Å²) in [7, 11) is 0. The zero-order valence-electron chi connectivity index (χ0n) is 35.7. The Bertz CT molecular complexity index is 3610. The zero-order chi connectivity index (χ0) is 42.6. The second kappa shape index (κ2) is 13.8. The molecule has 0 fully saturated rings. The van der Waals surface area contributed by atoms with Crippen molar-refractivity contribution in [3.8, 4) is 33.4 Å². The Morgan fingerprint density at radius 2 is 0.938 bits per heavy atom. The second-order valence-electron chi connectivity index (χ2n) is 18.0. The molecule has 0 saturated heterocycles. The van der Waals surface area contributed by atoms with Gasteiger partial charge in [-0.25, -0.2) is 0 Å². The molecule has 0 saturated carbocycles. The number of benzene rings is 10. The third-order valence-corrected chi connectivity index (χ3v) is 14.3. The third-order valence-electron chi connectivity index (χ3n) is 14.3. The molecule has 11 aromatic rings. The number of hydrogen-bond acceptors (Lipinski definition) is 2. The van der Waals surface area contributed by atoms with Crippen molar-refractivity contribution in [2.24, 2.45) is 0 Å². The lowest BCUT2D eigenvalue weighted by molar-refractivity contribution is 0.660. The van der Waals surface area contributed by atoms with Crippen LogP contribution in [0, 0.1) is 0 Å². The van der Waals surface area contributed by atoms with Crippen molar-refractivity contribution in [2.45, 2.75) is 24.7 Å². The van der Waals surface area contributed by atoms with E-state index in [2.05, 4.69) is 243 Å². The van der Waals surface area contributed by atoms with Crippen molar-refractivity contribution in [2.75, 3.05) is 4.90 Å². The first-order valence-electron chi connectivity index (χ1n) is 22.3. The van der Waals surface area contributed by atoms with Gasteiger partial charge in [-0.05, 0) is 97.2 Å². The first kappa shape index (κ1) is 36.7. The fraction of sp³-hybridized carbons (Fsp3) is 0.0645. The molecule has 302 valence electrons. The Kier molecular flexibility index (Phi) is 7.90. The van der Waals surface area contributed by atoms with E-state index in [-0.39, 0.29) is 5.41 Å². The molecule has 10 aromatic carbocycles. The molecule has 64 heavy (non-hydrogen) atoms. The SMILES string of the molecule is CC1(C)c2ccccc2-c2c(N(c3ccc4c(c3)C(c3ccccc3)(c3ccccc3)c3ccccc3-4)c3ccccc3-c3cccc4c3oc3cc5ccccc5cc34)cccc21. The molecule has 0 N–H and O–H groups in total. The highest BCUT2D eigenvalue weighted by Gasteiger charge is 2.46. The summed E-state index contributed by atoms with van der Waals surface area (Å²) in [5.74, 6) is 0. The molecule has 0 atom stereocenters. The van der Waals surface area contributed by atoms with Crippen LogP contribution in [0.4, 0.5) is 17.1 Å². The number of anilines is 3. The van der Waals surface area contributed by atoms with E-state index >= 15 is 0 Å². The molecule has 2 nitrogen and oxygen atoms in total. The number of para-hydroxylation sites is 2. The van der Waals surface area contributed by atoms with E-state index in [1.54, 1.807) is 0 Å². The lowest BCUT2D eigenvalue weighted by atomic mass is 9.67. The first-order chi connectivity index (χ1) is 31.5. The summed E-state index contributed by atoms with van der Waals surface area (Å²) in [6, 6.07) is 82.8. The maximum atomic E-state index is 6.94. The molecule has 1 heterocycles. The molecule has 2 aliphatic carbocycles. The summed E-state index contributed by atoms with van der Waals surface area (Å²) >= 11 is 0. The summed E-state index contributed by atoms with van der Waals surface area (Å²) in [6.07, 6.45) is 0. The topological polar surface area (TPSA) is 16.4 Å². The predicted octanol–water partition coefficient (Wildman–Crippen LogP) is 16.5. The molecule has 0 spiro atoms. The Morgan fingerprint density at radius 3 is 1.70 bits per heavy atom. The van der Waals surface area contributed by atoms with Gasteiger partial charge >= 0.3 is 0 Å². The minimum absolute atomic E-state index is 0.175. The van der Waals surface area contributed by atoms with Crippen LogP contribution in [0.5, 0.6) is 0 Å². The van der Waals surface area contributed by atoms with Crippen LogP contribution < -0.4 is 4.90 Å². The Morgan fingerprint density at radius 1 is 0.375 bits per heavy atom. The smallest absolute Gasteiger partial charge is 0.143 e. The van der Waals surface area contributed by atoms with Crippen LogP contribution in [0.2, 0.25) is 0 Å². The van der Waals surface area contributed by atoms with Crippen molar-refractivity contribution in [1.82, 2.24) is 0 Å². The van der Waals surface area contributed by atoms with E-state index in [1.807, 2.05) is 0 Å². The molecule has 0 bridgehead atoms. The van der Waals surface area contributed by atoms with Gasteiger partial charge in [0.05, 0.1) is 16.8 Å². The van der Waals surface area contributed by atoms with Gasteiger partial charge in [0.25, 0.3) is 0 Å². The molecule has 0 radical (unpaired) electrons. The highest BCUT2D eigenvalue weighted by atomic mass is 16.3. The van der Waals surface area contributed by atoms with E-state index in [1.165, 1.54) is 66.4 Å². The fourth-order valence-electron chi connectivity index (χ4n) is 11.5. The lowest BCUT2D eigenvalue weighted by Gasteiger charge is -2.35. The normalized spacial score (nSPS) is 14.0. The van der Waals surface area contributed by atoms with Crippen LogP contribution >= 0.6 is 0 Å². The molecule has 2 aliphatic rings. The van der Waals surface area contributed by atoms with Crippen LogP contribution in [-0.4, -0.2) is 0 Å². The number of nitrogens with zero attached hydrogens (tertiary/aromatic N) is 1. The average Bonchev–Trinajstić information content (AvgIpc) is 3.95. The summed E-state index contributed by atoms with van der Waals surface area (Å²) < 4.78 is 6.94. The summed E-state index contributed by atoms with van der Waals surface area (Å²) in [5.41, 5.74) is 19.3. The second-order valence-corrected chi connectivity index (χ2v) is 18.0. The molecular weight excluding hydrogens is 775 g/mol. The van der Waals surface area contributed by atoms with Crippen LogP contribution in [0.25, 0.3) is 66.1 Å². The van der Waals surface area contributed by atoms with Crippen molar-refractivity contribution >= 4 is 49.8 Å².